The predicted molar refractivity (Wildman–Crippen MR) is 85.3 cm³/mol. The van der Waals surface area contributed by atoms with Crippen molar-refractivity contribution in [3.05, 3.63) is 28.0 Å². The van der Waals surface area contributed by atoms with Crippen molar-refractivity contribution in [2.24, 2.45) is 0 Å². The van der Waals surface area contributed by atoms with Gasteiger partial charge in [-0.3, -0.25) is 4.79 Å². The monoisotopic (exact) mass is 410 g/mol. The molecule has 1 aliphatic heterocycles. The molecule has 0 bridgehead atoms. The fraction of sp³-hybridized carbons (Fsp3) is 0.533. The third-order valence-corrected chi connectivity index (χ3v) is 4.83. The van der Waals surface area contributed by atoms with Crippen LogP contribution in [0.3, 0.4) is 0 Å². The lowest BCUT2D eigenvalue weighted by molar-refractivity contribution is -0.134. The Kier molecular flexibility index (Phi) is 5.47. The lowest BCUT2D eigenvalue weighted by Crippen LogP contribution is -2.27. The van der Waals surface area contributed by atoms with Gasteiger partial charge in [0.15, 0.2) is 0 Å². The van der Waals surface area contributed by atoms with Gasteiger partial charge in [0.2, 0.25) is 10.9 Å². The van der Waals surface area contributed by atoms with Crippen LogP contribution >= 0.6 is 11.3 Å². The van der Waals surface area contributed by atoms with E-state index < -0.39 is 30.6 Å². The largest absolute Gasteiger partial charge is 0.389 e. The van der Waals surface area contributed by atoms with Gasteiger partial charge < -0.3 is 9.64 Å². The van der Waals surface area contributed by atoms with Gasteiger partial charge >= 0.3 is 6.18 Å². The van der Waals surface area contributed by atoms with Crippen molar-refractivity contribution in [2.75, 3.05) is 13.7 Å². The summed E-state index contributed by atoms with van der Waals surface area (Å²) in [5.74, 6) is -0.519. The zero-order valence-electron chi connectivity index (χ0n) is 14.1. The molecular weight excluding hydrogens is 395 g/mol. The van der Waals surface area contributed by atoms with Gasteiger partial charge in [-0.05, 0) is 12.0 Å². The molecule has 2 aromatic rings. The van der Waals surface area contributed by atoms with E-state index in [1.54, 1.807) is 0 Å². The molecule has 3 rings (SSSR count). The zero-order valence-corrected chi connectivity index (χ0v) is 14.9. The van der Waals surface area contributed by atoms with Crippen molar-refractivity contribution >= 4 is 22.2 Å². The van der Waals surface area contributed by atoms with Crippen LogP contribution in [-0.4, -0.2) is 45.2 Å². The van der Waals surface area contributed by atoms with E-state index in [4.69, 9.17) is 4.74 Å². The summed E-state index contributed by atoms with van der Waals surface area (Å²) in [4.78, 5) is 17.4. The summed E-state index contributed by atoms with van der Waals surface area (Å²) in [6.07, 6.45) is -7.40. The highest BCUT2D eigenvalue weighted by molar-refractivity contribution is 7.16. The Morgan fingerprint density at radius 1 is 1.37 bits per heavy atom. The van der Waals surface area contributed by atoms with Crippen LogP contribution in [0.1, 0.15) is 35.7 Å². The number of imidazole rings is 1. The number of alkyl halides is 5. The maximum atomic E-state index is 13.3. The lowest BCUT2D eigenvalue weighted by atomic mass is 10.1. The van der Waals surface area contributed by atoms with Crippen molar-refractivity contribution in [1.29, 1.82) is 0 Å². The molecular formula is C15H15F5N4O2S. The average molecular weight is 410 g/mol. The molecule has 0 aliphatic carbocycles. The van der Waals surface area contributed by atoms with Gasteiger partial charge in [-0.1, -0.05) is 11.3 Å². The summed E-state index contributed by atoms with van der Waals surface area (Å²) in [6, 6.07) is 0. The summed E-state index contributed by atoms with van der Waals surface area (Å²) in [5, 5.41) is 4.70. The Balaban J connectivity index is 1.79. The topological polar surface area (TPSA) is 59.7 Å². The summed E-state index contributed by atoms with van der Waals surface area (Å²) in [6.45, 7) is -0.0784. The Morgan fingerprint density at radius 2 is 2.11 bits per heavy atom. The number of hydrogen-bond acceptors (Lipinski definition) is 5. The number of rotatable bonds is 7. The van der Waals surface area contributed by atoms with Crippen molar-refractivity contribution < 1.29 is 31.5 Å². The highest BCUT2D eigenvalue weighted by Crippen LogP contribution is 2.30. The number of halogens is 5. The van der Waals surface area contributed by atoms with Crippen LogP contribution < -0.4 is 0 Å². The van der Waals surface area contributed by atoms with Gasteiger partial charge in [0.25, 0.3) is 6.43 Å². The molecule has 1 aliphatic rings. The van der Waals surface area contributed by atoms with E-state index in [1.807, 2.05) is 0 Å². The van der Waals surface area contributed by atoms with E-state index in [-0.39, 0.29) is 36.8 Å². The second-order valence-corrected chi connectivity index (χ2v) is 7.02. The smallest absolute Gasteiger partial charge is 0.377 e. The Bertz CT molecular complexity index is 874. The van der Waals surface area contributed by atoms with E-state index in [0.717, 1.165) is 17.4 Å². The summed E-state index contributed by atoms with van der Waals surface area (Å²) in [7, 11) is 1.46. The number of fused-ring (bicyclic) bond motifs is 1. The summed E-state index contributed by atoms with van der Waals surface area (Å²) >= 11 is 1.09. The number of hydrogen-bond donors (Lipinski definition) is 0. The van der Waals surface area contributed by atoms with Crippen LogP contribution in [0.2, 0.25) is 0 Å². The molecule has 1 amide bonds. The Morgan fingerprint density at radius 3 is 2.74 bits per heavy atom. The van der Waals surface area contributed by atoms with Crippen molar-refractivity contribution in [3.63, 3.8) is 0 Å². The maximum absolute atomic E-state index is 13.3. The van der Waals surface area contributed by atoms with E-state index >= 15 is 0 Å². The Labute approximate surface area is 154 Å². The highest BCUT2D eigenvalue weighted by atomic mass is 32.1. The molecule has 0 aromatic carbocycles. The molecule has 6 nitrogen and oxygen atoms in total. The number of nitrogens with zero attached hydrogens (tertiary/aromatic N) is 4. The molecule has 0 atom stereocenters. The molecule has 0 N–H and O–H groups in total. The number of ether oxygens (including phenoxy) is 1. The third-order valence-electron chi connectivity index (χ3n) is 3.95. The molecule has 0 radical (unpaired) electrons. The van der Waals surface area contributed by atoms with Crippen molar-refractivity contribution in [1.82, 2.24) is 19.5 Å². The first-order valence-corrected chi connectivity index (χ1v) is 8.69. The minimum atomic E-state index is -4.32. The van der Waals surface area contributed by atoms with Crippen molar-refractivity contribution in [2.45, 2.75) is 38.6 Å². The van der Waals surface area contributed by atoms with E-state index in [2.05, 4.69) is 10.1 Å². The van der Waals surface area contributed by atoms with Gasteiger partial charge in [-0.25, -0.2) is 18.3 Å². The molecule has 148 valence electrons. The summed E-state index contributed by atoms with van der Waals surface area (Å²) in [5.41, 5.74) is -0.137. The van der Waals surface area contributed by atoms with Gasteiger partial charge in [0.05, 0.1) is 18.8 Å². The number of carbonyl (C=O) groups excluding carboxylic acids is 1. The minimum absolute atomic E-state index is 0.0393. The average Bonchev–Trinajstić information content (AvgIpc) is 3.20. The van der Waals surface area contributed by atoms with E-state index in [0.29, 0.717) is 10.6 Å². The molecule has 0 saturated carbocycles. The van der Waals surface area contributed by atoms with Crippen LogP contribution in [0.15, 0.2) is 11.6 Å². The van der Waals surface area contributed by atoms with E-state index in [1.165, 1.54) is 16.5 Å². The van der Waals surface area contributed by atoms with Gasteiger partial charge in [0.1, 0.15) is 10.7 Å². The SMILES string of the molecule is COCc1nn2c(CN3CC(CCC(F)(F)F)=CC3=O)c(C(F)F)nc2s1. The maximum Gasteiger partial charge on any atom is 0.389 e. The molecule has 0 fully saturated rings. The van der Waals surface area contributed by atoms with Gasteiger partial charge in [0, 0.05) is 26.2 Å². The van der Waals surface area contributed by atoms with Crippen LogP contribution in [0.25, 0.3) is 4.96 Å². The third kappa shape index (κ3) is 4.43. The molecule has 27 heavy (non-hydrogen) atoms. The number of amides is 1. The molecule has 0 saturated heterocycles. The molecule has 0 spiro atoms. The second kappa shape index (κ2) is 7.50. The molecule has 2 aromatic heterocycles. The number of aromatic nitrogens is 3. The van der Waals surface area contributed by atoms with Crippen LogP contribution in [0, 0.1) is 0 Å². The highest BCUT2D eigenvalue weighted by Gasteiger charge is 2.31. The molecule has 0 unspecified atom stereocenters. The van der Waals surface area contributed by atoms with Crippen LogP contribution in [0.4, 0.5) is 22.0 Å². The summed E-state index contributed by atoms with van der Waals surface area (Å²) < 4.78 is 69.9. The van der Waals surface area contributed by atoms with Gasteiger partial charge in [-0.2, -0.15) is 18.3 Å². The number of carbonyl (C=O) groups is 1. The van der Waals surface area contributed by atoms with Gasteiger partial charge in [-0.15, -0.1) is 0 Å². The molecule has 3 heterocycles. The number of methoxy groups -OCH3 is 1. The fourth-order valence-electron chi connectivity index (χ4n) is 2.75. The normalized spacial score (nSPS) is 15.4. The minimum Gasteiger partial charge on any atom is -0.377 e. The lowest BCUT2D eigenvalue weighted by Gasteiger charge is -2.17. The van der Waals surface area contributed by atoms with Crippen LogP contribution in [-0.2, 0) is 22.7 Å². The standard InChI is InChI=1S/C15H15F5N4O2S/c1-26-7-10-22-24-9(12(13(16)17)21-14(24)27-10)6-23-5-8(4-11(23)25)2-3-15(18,19)20/h4,13H,2-3,5-7H2,1H3. The molecule has 12 heteroatoms. The van der Waals surface area contributed by atoms with Crippen molar-refractivity contribution in [3.8, 4) is 0 Å². The zero-order chi connectivity index (χ0) is 19.8. The first-order valence-electron chi connectivity index (χ1n) is 7.87. The predicted octanol–water partition coefficient (Wildman–Crippen LogP) is 3.49. The van der Waals surface area contributed by atoms with Crippen LogP contribution in [0.5, 0.6) is 0 Å². The van der Waals surface area contributed by atoms with E-state index in [9.17, 15) is 26.7 Å². The first kappa shape index (κ1) is 19.7. The quantitative estimate of drug-likeness (QED) is 0.656. The first-order chi connectivity index (χ1) is 12.7. The fourth-order valence-corrected chi connectivity index (χ4v) is 3.64. The second-order valence-electron chi connectivity index (χ2n) is 5.98. The Hall–Kier alpha value is -2.08.